The van der Waals surface area contributed by atoms with Crippen molar-refractivity contribution in [2.24, 2.45) is 5.92 Å². The van der Waals surface area contributed by atoms with Crippen molar-refractivity contribution in [1.29, 1.82) is 0 Å². The second kappa shape index (κ2) is 7.87. The third-order valence-corrected chi connectivity index (χ3v) is 5.56. The second-order valence-electron chi connectivity index (χ2n) is 7.43. The molecule has 0 radical (unpaired) electrons. The molecule has 0 N–H and O–H groups in total. The molecule has 150 valence electrons. The van der Waals surface area contributed by atoms with E-state index < -0.39 is 0 Å². The van der Waals surface area contributed by atoms with Crippen molar-refractivity contribution in [3.8, 4) is 5.75 Å². The first-order valence-electron chi connectivity index (χ1n) is 9.62. The van der Waals surface area contributed by atoms with Crippen molar-refractivity contribution in [1.82, 2.24) is 14.8 Å². The van der Waals surface area contributed by atoms with Gasteiger partial charge in [0.15, 0.2) is 0 Å². The lowest BCUT2D eigenvalue weighted by atomic mass is 9.91. The summed E-state index contributed by atoms with van der Waals surface area (Å²) in [7, 11) is 1.66. The van der Waals surface area contributed by atoms with Gasteiger partial charge in [-0.3, -0.25) is 9.69 Å². The third-order valence-electron chi connectivity index (χ3n) is 5.31. The Bertz CT molecular complexity index is 1020. The number of amides is 1. The molecule has 7 heteroatoms. The maximum absolute atomic E-state index is 13.2. The van der Waals surface area contributed by atoms with Crippen LogP contribution in [0.4, 0.5) is 5.95 Å². The van der Waals surface area contributed by atoms with E-state index in [0.717, 1.165) is 16.9 Å². The first-order chi connectivity index (χ1) is 14.0. The van der Waals surface area contributed by atoms with E-state index in [1.807, 2.05) is 67.1 Å². The Hall–Kier alpha value is -2.86. The highest BCUT2D eigenvalue weighted by Crippen LogP contribution is 2.44. The molecular weight excluding hydrogens is 388 g/mol. The number of nitrogens with zero attached hydrogens (tertiary/aromatic N) is 4. The number of aromatic nitrogens is 3. The summed E-state index contributed by atoms with van der Waals surface area (Å²) in [6.45, 7) is 3.79. The number of para-hydroxylation sites is 1. The number of rotatable bonds is 4. The molecule has 2 heterocycles. The van der Waals surface area contributed by atoms with E-state index in [1.54, 1.807) is 12.0 Å². The lowest BCUT2D eigenvalue weighted by Gasteiger charge is -2.40. The van der Waals surface area contributed by atoms with Crippen LogP contribution in [0.2, 0.25) is 5.02 Å². The molecule has 1 aromatic heterocycles. The molecule has 0 saturated heterocycles. The van der Waals surface area contributed by atoms with Gasteiger partial charge in [-0.05, 0) is 30.2 Å². The van der Waals surface area contributed by atoms with E-state index in [4.69, 9.17) is 16.3 Å². The number of hydrogen-bond donors (Lipinski definition) is 0. The van der Waals surface area contributed by atoms with Crippen LogP contribution >= 0.6 is 11.6 Å². The molecule has 0 unspecified atom stereocenters. The number of fused-ring (bicyclic) bond motifs is 1. The van der Waals surface area contributed by atoms with Crippen molar-refractivity contribution in [2.45, 2.75) is 32.4 Å². The topological polar surface area (TPSA) is 60.2 Å². The van der Waals surface area contributed by atoms with E-state index in [-0.39, 0.29) is 23.9 Å². The van der Waals surface area contributed by atoms with Crippen LogP contribution in [0.5, 0.6) is 5.75 Å². The molecule has 0 fully saturated rings. The Labute approximate surface area is 175 Å². The largest absolute Gasteiger partial charge is 0.496 e. The molecule has 3 aromatic rings. The van der Waals surface area contributed by atoms with Crippen LogP contribution < -0.4 is 9.64 Å². The molecule has 0 bridgehead atoms. The summed E-state index contributed by atoms with van der Waals surface area (Å²) < 4.78 is 7.42. The number of hydrogen-bond acceptors (Lipinski definition) is 4. The highest BCUT2D eigenvalue weighted by molar-refractivity contribution is 6.30. The van der Waals surface area contributed by atoms with Crippen LogP contribution in [-0.2, 0) is 4.79 Å². The smallest absolute Gasteiger partial charge is 0.232 e. The van der Waals surface area contributed by atoms with Gasteiger partial charge in [0.1, 0.15) is 12.1 Å². The standard InChI is InChI=1S/C22H23ClN4O2/c1-14(2)21(28)26-18(15-8-10-16(23)11-9-15)12-19(27-22(26)24-13-25-27)17-6-4-5-7-20(17)29-3/h4-11,13-14,18-19H,12H2,1-3H3/t18-,19-/m0/s1. The van der Waals surface area contributed by atoms with Crippen molar-refractivity contribution >= 4 is 23.5 Å². The Morgan fingerprint density at radius 2 is 1.86 bits per heavy atom. The van der Waals surface area contributed by atoms with Gasteiger partial charge in [0, 0.05) is 16.5 Å². The zero-order valence-corrected chi connectivity index (χ0v) is 17.4. The van der Waals surface area contributed by atoms with Gasteiger partial charge in [-0.2, -0.15) is 10.1 Å². The Balaban J connectivity index is 1.87. The van der Waals surface area contributed by atoms with Crippen LogP contribution in [0.15, 0.2) is 54.9 Å². The number of anilines is 1. The number of carbonyl (C=O) groups is 1. The monoisotopic (exact) mass is 410 g/mol. The van der Waals surface area contributed by atoms with Crippen LogP contribution in [0, 0.1) is 5.92 Å². The summed E-state index contributed by atoms with van der Waals surface area (Å²) >= 11 is 6.10. The van der Waals surface area contributed by atoms with Crippen LogP contribution in [0.25, 0.3) is 0 Å². The van der Waals surface area contributed by atoms with E-state index in [0.29, 0.717) is 17.4 Å². The zero-order valence-electron chi connectivity index (χ0n) is 16.6. The molecule has 4 rings (SSSR count). The molecular formula is C22H23ClN4O2. The lowest BCUT2D eigenvalue weighted by molar-refractivity contribution is -0.122. The van der Waals surface area contributed by atoms with Crippen molar-refractivity contribution in [2.75, 3.05) is 12.0 Å². The zero-order chi connectivity index (χ0) is 20.5. The maximum atomic E-state index is 13.2. The maximum Gasteiger partial charge on any atom is 0.232 e. The summed E-state index contributed by atoms with van der Waals surface area (Å²) in [5, 5.41) is 5.12. The van der Waals surface area contributed by atoms with Crippen LogP contribution in [0.3, 0.4) is 0 Å². The summed E-state index contributed by atoms with van der Waals surface area (Å²) in [5.41, 5.74) is 2.02. The SMILES string of the molecule is COc1ccccc1[C@@H]1C[C@@H](c2ccc(Cl)cc2)N(C(=O)C(C)C)c2ncnn21. The van der Waals surface area contributed by atoms with Gasteiger partial charge in [0.2, 0.25) is 11.9 Å². The van der Waals surface area contributed by atoms with Gasteiger partial charge >= 0.3 is 0 Å². The number of carbonyl (C=O) groups excluding carboxylic acids is 1. The second-order valence-corrected chi connectivity index (χ2v) is 7.86. The van der Waals surface area contributed by atoms with Crippen molar-refractivity contribution in [3.05, 3.63) is 71.0 Å². The van der Waals surface area contributed by atoms with Gasteiger partial charge in [-0.15, -0.1) is 0 Å². The number of halogens is 1. The van der Waals surface area contributed by atoms with Gasteiger partial charge in [0.25, 0.3) is 0 Å². The first-order valence-corrected chi connectivity index (χ1v) is 10.00. The minimum absolute atomic E-state index is 0.0117. The van der Waals surface area contributed by atoms with Gasteiger partial charge in [-0.1, -0.05) is 55.8 Å². The van der Waals surface area contributed by atoms with E-state index in [9.17, 15) is 4.79 Å². The summed E-state index contributed by atoms with van der Waals surface area (Å²) in [6, 6.07) is 15.3. The average Bonchev–Trinajstić information content (AvgIpc) is 3.22. The third kappa shape index (κ3) is 3.49. The minimum Gasteiger partial charge on any atom is -0.496 e. The normalized spacial score (nSPS) is 18.6. The summed E-state index contributed by atoms with van der Waals surface area (Å²) in [5.74, 6) is 1.18. The van der Waals surface area contributed by atoms with Crippen LogP contribution in [-0.4, -0.2) is 27.8 Å². The minimum atomic E-state index is -0.186. The van der Waals surface area contributed by atoms with Gasteiger partial charge < -0.3 is 4.74 Å². The molecule has 0 spiro atoms. The van der Waals surface area contributed by atoms with Gasteiger partial charge in [-0.25, -0.2) is 4.68 Å². The highest BCUT2D eigenvalue weighted by atomic mass is 35.5. The number of benzene rings is 2. The fraction of sp³-hybridized carbons (Fsp3) is 0.318. The molecule has 2 aromatic carbocycles. The number of methoxy groups -OCH3 is 1. The molecule has 0 aliphatic carbocycles. The summed E-state index contributed by atoms with van der Waals surface area (Å²) in [4.78, 5) is 19.4. The van der Waals surface area contributed by atoms with Crippen molar-refractivity contribution < 1.29 is 9.53 Å². The molecule has 1 aliphatic heterocycles. The fourth-order valence-corrected chi connectivity index (χ4v) is 4.02. The predicted octanol–water partition coefficient (Wildman–Crippen LogP) is 4.66. The van der Waals surface area contributed by atoms with E-state index >= 15 is 0 Å². The average molecular weight is 411 g/mol. The first kappa shape index (κ1) is 19.5. The van der Waals surface area contributed by atoms with E-state index in [2.05, 4.69) is 10.1 Å². The number of ether oxygens (including phenoxy) is 1. The molecule has 0 saturated carbocycles. The van der Waals surface area contributed by atoms with Gasteiger partial charge in [0.05, 0.1) is 19.2 Å². The molecule has 1 aliphatic rings. The molecule has 1 amide bonds. The summed E-state index contributed by atoms with van der Waals surface area (Å²) in [6.07, 6.45) is 2.15. The van der Waals surface area contributed by atoms with Crippen LogP contribution in [0.1, 0.15) is 43.5 Å². The van der Waals surface area contributed by atoms with Crippen molar-refractivity contribution in [3.63, 3.8) is 0 Å². The highest BCUT2D eigenvalue weighted by Gasteiger charge is 2.40. The molecule has 2 atom stereocenters. The molecule has 6 nitrogen and oxygen atoms in total. The Morgan fingerprint density at radius 1 is 1.14 bits per heavy atom. The Morgan fingerprint density at radius 3 is 2.55 bits per heavy atom. The fourth-order valence-electron chi connectivity index (χ4n) is 3.89. The van der Waals surface area contributed by atoms with E-state index in [1.165, 1.54) is 6.33 Å². The predicted molar refractivity (Wildman–Crippen MR) is 112 cm³/mol. The Kier molecular flexibility index (Phi) is 5.28. The lowest BCUT2D eigenvalue weighted by Crippen LogP contribution is -2.44. The quantitative estimate of drug-likeness (QED) is 0.627. The molecule has 29 heavy (non-hydrogen) atoms.